The first-order valence-corrected chi connectivity index (χ1v) is 9.11. The Morgan fingerprint density at radius 3 is 2.43 bits per heavy atom. The molecule has 0 fully saturated rings. The number of hydrogen-bond acceptors (Lipinski definition) is 5. The van der Waals surface area contributed by atoms with Crippen molar-refractivity contribution in [2.24, 2.45) is 0 Å². The molecule has 0 aliphatic heterocycles. The van der Waals surface area contributed by atoms with E-state index in [0.29, 0.717) is 17.1 Å². The summed E-state index contributed by atoms with van der Waals surface area (Å²) in [5.74, 6) is 0.0968. The molecule has 0 aliphatic carbocycles. The topological polar surface area (TPSA) is 79.3 Å². The maximum Gasteiger partial charge on any atom is 0.179 e. The number of aromatic hydroxyl groups is 1. The van der Waals surface area contributed by atoms with Crippen LogP contribution in [0.15, 0.2) is 41.3 Å². The number of hydrogen-bond donors (Lipinski definition) is 2. The van der Waals surface area contributed by atoms with E-state index in [-0.39, 0.29) is 17.5 Å². The number of sulfone groups is 1. The van der Waals surface area contributed by atoms with Crippen molar-refractivity contribution in [3.8, 4) is 5.75 Å². The third kappa shape index (κ3) is 4.77. The van der Waals surface area contributed by atoms with E-state index in [9.17, 15) is 13.5 Å². The number of benzene rings is 1. The van der Waals surface area contributed by atoms with Gasteiger partial charge in [0.15, 0.2) is 9.84 Å². The number of aromatic nitrogens is 1. The van der Waals surface area contributed by atoms with Gasteiger partial charge in [0.05, 0.1) is 16.3 Å². The van der Waals surface area contributed by atoms with Crippen LogP contribution in [0.4, 0.5) is 0 Å². The van der Waals surface area contributed by atoms with E-state index < -0.39 is 9.84 Å². The van der Waals surface area contributed by atoms with Gasteiger partial charge in [-0.1, -0.05) is 17.7 Å². The molecular weight excluding hydrogens is 312 g/mol. The maximum absolute atomic E-state index is 12.4. The zero-order chi connectivity index (χ0) is 17.0. The highest BCUT2D eigenvalue weighted by Crippen LogP contribution is 2.16. The third-order valence-electron chi connectivity index (χ3n) is 3.56. The molecule has 1 heterocycles. The fourth-order valence-corrected chi connectivity index (χ4v) is 3.75. The van der Waals surface area contributed by atoms with E-state index >= 15 is 0 Å². The molecule has 2 rings (SSSR count). The van der Waals surface area contributed by atoms with Gasteiger partial charge in [-0.05, 0) is 45.0 Å². The molecule has 0 amide bonds. The molecule has 0 bridgehead atoms. The maximum atomic E-state index is 12.4. The first-order valence-electron chi connectivity index (χ1n) is 7.46. The van der Waals surface area contributed by atoms with E-state index in [4.69, 9.17) is 0 Å². The van der Waals surface area contributed by atoms with Gasteiger partial charge in [0.1, 0.15) is 5.75 Å². The Labute approximate surface area is 137 Å². The Morgan fingerprint density at radius 2 is 1.78 bits per heavy atom. The average molecular weight is 334 g/mol. The minimum Gasteiger partial charge on any atom is -0.506 e. The van der Waals surface area contributed by atoms with Crippen LogP contribution in [0.3, 0.4) is 0 Å². The quantitative estimate of drug-likeness (QED) is 0.848. The van der Waals surface area contributed by atoms with E-state index in [1.807, 2.05) is 13.8 Å². The predicted octanol–water partition coefficient (Wildman–Crippen LogP) is 2.36. The van der Waals surface area contributed by atoms with Gasteiger partial charge in [0.25, 0.3) is 0 Å². The molecule has 0 aliphatic rings. The summed E-state index contributed by atoms with van der Waals surface area (Å²) in [7, 11) is -3.34. The molecule has 0 spiro atoms. The fourth-order valence-electron chi connectivity index (χ4n) is 2.23. The van der Waals surface area contributed by atoms with Crippen LogP contribution in [0.25, 0.3) is 0 Å². The molecule has 0 unspecified atom stereocenters. The number of aryl methyl sites for hydroxylation is 2. The average Bonchev–Trinajstić information content (AvgIpc) is 2.48. The molecule has 1 aromatic heterocycles. The largest absolute Gasteiger partial charge is 0.506 e. The summed E-state index contributed by atoms with van der Waals surface area (Å²) in [6, 6.07) is 9.90. The molecule has 0 radical (unpaired) electrons. The van der Waals surface area contributed by atoms with Gasteiger partial charge in [-0.25, -0.2) is 8.42 Å². The van der Waals surface area contributed by atoms with E-state index in [1.165, 1.54) is 0 Å². The molecule has 0 saturated carbocycles. The summed E-state index contributed by atoms with van der Waals surface area (Å²) in [6.07, 6.45) is 0. The van der Waals surface area contributed by atoms with Crippen molar-refractivity contribution in [2.45, 2.75) is 38.3 Å². The summed E-state index contributed by atoms with van der Waals surface area (Å²) in [5.41, 5.74) is 2.35. The molecule has 1 aromatic carbocycles. The van der Waals surface area contributed by atoms with E-state index in [1.54, 1.807) is 43.3 Å². The predicted molar refractivity (Wildman–Crippen MR) is 90.2 cm³/mol. The molecule has 0 saturated heterocycles. The Balaban J connectivity index is 2.00. The normalized spacial score (nSPS) is 13.0. The van der Waals surface area contributed by atoms with Gasteiger partial charge < -0.3 is 10.4 Å². The summed E-state index contributed by atoms with van der Waals surface area (Å²) in [4.78, 5) is 4.57. The number of nitrogens with one attached hydrogen (secondary N) is 1. The lowest BCUT2D eigenvalue weighted by molar-refractivity contribution is 0.455. The molecule has 2 aromatic rings. The monoisotopic (exact) mass is 334 g/mol. The highest BCUT2D eigenvalue weighted by Gasteiger charge is 2.18. The zero-order valence-electron chi connectivity index (χ0n) is 13.6. The Hall–Kier alpha value is -1.92. The smallest absolute Gasteiger partial charge is 0.179 e. The molecule has 2 N–H and O–H groups in total. The lowest BCUT2D eigenvalue weighted by Crippen LogP contribution is -2.33. The van der Waals surface area contributed by atoms with Crippen LogP contribution < -0.4 is 5.32 Å². The third-order valence-corrected chi connectivity index (χ3v) is 5.49. The van der Waals surface area contributed by atoms with Gasteiger partial charge in [-0.2, -0.15) is 0 Å². The van der Waals surface area contributed by atoms with Crippen LogP contribution in [0.1, 0.15) is 23.9 Å². The number of nitrogens with zero attached hydrogens (tertiary/aromatic N) is 1. The van der Waals surface area contributed by atoms with Gasteiger partial charge in [-0.3, -0.25) is 4.98 Å². The zero-order valence-corrected chi connectivity index (χ0v) is 14.4. The summed E-state index contributed by atoms with van der Waals surface area (Å²) in [5, 5.41) is 12.9. The first kappa shape index (κ1) is 17.4. The van der Waals surface area contributed by atoms with Crippen molar-refractivity contribution in [2.75, 3.05) is 5.75 Å². The van der Waals surface area contributed by atoms with E-state index in [0.717, 1.165) is 11.3 Å². The van der Waals surface area contributed by atoms with Crippen molar-refractivity contribution in [1.82, 2.24) is 10.3 Å². The van der Waals surface area contributed by atoms with Gasteiger partial charge in [-0.15, -0.1) is 0 Å². The van der Waals surface area contributed by atoms with Gasteiger partial charge >= 0.3 is 0 Å². The van der Waals surface area contributed by atoms with Crippen LogP contribution in [-0.2, 0) is 16.4 Å². The van der Waals surface area contributed by atoms with Gasteiger partial charge in [0.2, 0.25) is 0 Å². The van der Waals surface area contributed by atoms with Crippen LogP contribution in [0.2, 0.25) is 0 Å². The summed E-state index contributed by atoms with van der Waals surface area (Å²) < 4.78 is 24.8. The summed E-state index contributed by atoms with van der Waals surface area (Å²) in [6.45, 7) is 5.88. The fraction of sp³-hybridized carbons (Fsp3) is 0.353. The molecule has 1 atom stereocenters. The van der Waals surface area contributed by atoms with Crippen LogP contribution in [0.5, 0.6) is 5.75 Å². The minimum absolute atomic E-state index is 0.0113. The number of pyridine rings is 1. The van der Waals surface area contributed by atoms with Crippen molar-refractivity contribution in [3.05, 3.63) is 53.3 Å². The van der Waals surface area contributed by atoms with Crippen molar-refractivity contribution >= 4 is 9.84 Å². The Morgan fingerprint density at radius 1 is 1.13 bits per heavy atom. The second kappa shape index (κ2) is 7.10. The van der Waals surface area contributed by atoms with Crippen LogP contribution >= 0.6 is 0 Å². The minimum atomic E-state index is -3.34. The van der Waals surface area contributed by atoms with E-state index in [2.05, 4.69) is 10.3 Å². The standard InChI is InChI=1S/C17H22N2O3S/c1-12-4-7-15(8-5-12)23(21,22)11-14(3)18-10-16-17(20)9-6-13(2)19-16/h4-9,14,18,20H,10-11H2,1-3H3/t14-/m1/s1. The summed E-state index contributed by atoms with van der Waals surface area (Å²) >= 11 is 0. The van der Waals surface area contributed by atoms with Crippen molar-refractivity contribution < 1.29 is 13.5 Å². The van der Waals surface area contributed by atoms with Crippen molar-refractivity contribution in [1.29, 1.82) is 0 Å². The lowest BCUT2D eigenvalue weighted by atomic mass is 10.2. The molecule has 6 heteroatoms. The van der Waals surface area contributed by atoms with Crippen molar-refractivity contribution in [3.63, 3.8) is 0 Å². The first-order chi connectivity index (χ1) is 10.8. The SMILES string of the molecule is Cc1ccc(S(=O)(=O)C[C@@H](C)NCc2nc(C)ccc2O)cc1. The lowest BCUT2D eigenvalue weighted by Gasteiger charge is -2.15. The Kier molecular flexibility index (Phi) is 5.38. The number of rotatable bonds is 6. The molecule has 124 valence electrons. The van der Waals surface area contributed by atoms with Gasteiger partial charge in [0, 0.05) is 18.3 Å². The molecule has 5 nitrogen and oxygen atoms in total. The van der Waals surface area contributed by atoms with Crippen LogP contribution in [-0.4, -0.2) is 30.3 Å². The second-order valence-electron chi connectivity index (χ2n) is 5.79. The Bertz CT molecular complexity index is 771. The molecule has 23 heavy (non-hydrogen) atoms. The van der Waals surface area contributed by atoms with Crippen LogP contribution in [0, 0.1) is 13.8 Å². The molecular formula is C17H22N2O3S. The second-order valence-corrected chi connectivity index (χ2v) is 7.83. The highest BCUT2D eigenvalue weighted by molar-refractivity contribution is 7.91. The highest BCUT2D eigenvalue weighted by atomic mass is 32.2.